The van der Waals surface area contributed by atoms with Crippen LogP contribution >= 0.6 is 0 Å². The number of carbonyl (C=O) groups is 1. The lowest BCUT2D eigenvalue weighted by Crippen LogP contribution is -2.30. The molecule has 6 heteroatoms. The van der Waals surface area contributed by atoms with E-state index in [9.17, 15) is 4.79 Å². The van der Waals surface area contributed by atoms with E-state index in [4.69, 9.17) is 4.52 Å². The second-order valence-electron chi connectivity index (χ2n) is 5.77. The number of H-pyrrole nitrogens is 1. The van der Waals surface area contributed by atoms with Gasteiger partial charge in [0.15, 0.2) is 0 Å². The number of aryl methyl sites for hydroxylation is 3. The van der Waals surface area contributed by atoms with Gasteiger partial charge < -0.3 is 9.42 Å². The first-order valence-corrected chi connectivity index (χ1v) is 7.25. The molecule has 1 N–H and O–H groups in total. The smallest absolute Gasteiger partial charge is 0.227 e. The molecule has 2 aromatic heterocycles. The number of aromatic amines is 1. The fraction of sp³-hybridized carbons (Fsp3) is 0.533. The van der Waals surface area contributed by atoms with E-state index in [1.807, 2.05) is 31.9 Å². The molecule has 1 aliphatic rings. The first-order valence-electron chi connectivity index (χ1n) is 7.25. The van der Waals surface area contributed by atoms with Crippen molar-refractivity contribution in [1.82, 2.24) is 20.3 Å². The van der Waals surface area contributed by atoms with Crippen molar-refractivity contribution >= 4 is 5.91 Å². The van der Waals surface area contributed by atoms with Crippen LogP contribution in [-0.4, -0.2) is 39.3 Å². The number of nitrogens with one attached hydrogen (secondary N) is 1. The molecule has 1 fully saturated rings. The molecule has 0 spiro atoms. The van der Waals surface area contributed by atoms with E-state index in [0.29, 0.717) is 12.3 Å². The minimum absolute atomic E-state index is 0.143. The Morgan fingerprint density at radius 3 is 2.90 bits per heavy atom. The molecule has 0 bridgehead atoms. The summed E-state index contributed by atoms with van der Waals surface area (Å²) in [5, 5.41) is 11.0. The summed E-state index contributed by atoms with van der Waals surface area (Å²) in [4.78, 5) is 14.4. The van der Waals surface area contributed by atoms with Gasteiger partial charge in [-0.2, -0.15) is 5.10 Å². The number of hydrogen-bond donors (Lipinski definition) is 1. The number of hydrogen-bond acceptors (Lipinski definition) is 4. The summed E-state index contributed by atoms with van der Waals surface area (Å²) in [6, 6.07) is 0. The highest BCUT2D eigenvalue weighted by molar-refractivity contribution is 5.79. The number of nitrogens with zero attached hydrogens (tertiary/aromatic N) is 3. The highest BCUT2D eigenvalue weighted by Crippen LogP contribution is 2.28. The predicted molar refractivity (Wildman–Crippen MR) is 76.9 cm³/mol. The summed E-state index contributed by atoms with van der Waals surface area (Å²) in [6.45, 7) is 7.33. The monoisotopic (exact) mass is 288 g/mol. The first-order chi connectivity index (χ1) is 10.1. The standard InChI is InChI=1S/C15H20N4O2/c1-9-7-16-17-15(9)12-4-5-19(8-12)14(20)6-13-10(2)18-21-11(13)3/h7,12H,4-6,8H2,1-3H3,(H,16,17)/t12-/m1/s1. The number of likely N-dealkylation sites (tertiary alicyclic amines) is 1. The van der Waals surface area contributed by atoms with Crippen LogP contribution in [0.15, 0.2) is 10.7 Å². The van der Waals surface area contributed by atoms with Crippen LogP contribution in [0.1, 0.15) is 40.6 Å². The molecule has 1 amide bonds. The largest absolute Gasteiger partial charge is 0.361 e. The summed E-state index contributed by atoms with van der Waals surface area (Å²) < 4.78 is 5.12. The molecule has 1 aliphatic heterocycles. The third-order valence-electron chi connectivity index (χ3n) is 4.33. The zero-order valence-electron chi connectivity index (χ0n) is 12.6. The quantitative estimate of drug-likeness (QED) is 0.935. The van der Waals surface area contributed by atoms with E-state index in [-0.39, 0.29) is 5.91 Å². The van der Waals surface area contributed by atoms with Gasteiger partial charge in [0.2, 0.25) is 5.91 Å². The van der Waals surface area contributed by atoms with Gasteiger partial charge in [-0.25, -0.2) is 0 Å². The van der Waals surface area contributed by atoms with Crippen molar-refractivity contribution in [3.8, 4) is 0 Å². The maximum atomic E-state index is 12.4. The third kappa shape index (κ3) is 2.57. The Bertz CT molecular complexity index is 639. The number of aromatic nitrogens is 3. The van der Waals surface area contributed by atoms with Crippen LogP contribution in [0.3, 0.4) is 0 Å². The van der Waals surface area contributed by atoms with Crippen LogP contribution < -0.4 is 0 Å². The molecule has 1 saturated heterocycles. The molecular weight excluding hydrogens is 268 g/mol. The maximum Gasteiger partial charge on any atom is 0.227 e. The summed E-state index contributed by atoms with van der Waals surface area (Å²) >= 11 is 0. The molecule has 3 heterocycles. The summed E-state index contributed by atoms with van der Waals surface area (Å²) in [6.07, 6.45) is 3.19. The van der Waals surface area contributed by atoms with Crippen LogP contribution in [-0.2, 0) is 11.2 Å². The van der Waals surface area contributed by atoms with Gasteiger partial charge in [-0.3, -0.25) is 9.89 Å². The average Bonchev–Trinajstić information content (AvgIpc) is 3.15. The van der Waals surface area contributed by atoms with E-state index in [1.54, 1.807) is 0 Å². The van der Waals surface area contributed by atoms with E-state index < -0.39 is 0 Å². The molecule has 112 valence electrons. The van der Waals surface area contributed by atoms with Crippen molar-refractivity contribution in [2.24, 2.45) is 0 Å². The normalized spacial score (nSPS) is 18.4. The fourth-order valence-electron chi connectivity index (χ4n) is 3.01. The minimum Gasteiger partial charge on any atom is -0.361 e. The van der Waals surface area contributed by atoms with Gasteiger partial charge in [0.1, 0.15) is 5.76 Å². The molecule has 0 radical (unpaired) electrons. The molecule has 0 aliphatic carbocycles. The molecule has 6 nitrogen and oxygen atoms in total. The van der Waals surface area contributed by atoms with Crippen molar-refractivity contribution in [1.29, 1.82) is 0 Å². The lowest BCUT2D eigenvalue weighted by molar-refractivity contribution is -0.129. The zero-order chi connectivity index (χ0) is 15.0. The Kier molecular flexibility index (Phi) is 3.53. The Hall–Kier alpha value is -2.11. The van der Waals surface area contributed by atoms with Gasteiger partial charge in [0.25, 0.3) is 0 Å². The Morgan fingerprint density at radius 2 is 2.29 bits per heavy atom. The average molecular weight is 288 g/mol. The van der Waals surface area contributed by atoms with Gasteiger partial charge >= 0.3 is 0 Å². The van der Waals surface area contributed by atoms with Crippen LogP contribution in [0.5, 0.6) is 0 Å². The second-order valence-corrected chi connectivity index (χ2v) is 5.77. The van der Waals surface area contributed by atoms with E-state index >= 15 is 0 Å². The second kappa shape index (κ2) is 5.35. The number of rotatable bonds is 3. The Morgan fingerprint density at radius 1 is 1.48 bits per heavy atom. The Labute approximate surface area is 123 Å². The topological polar surface area (TPSA) is 75.0 Å². The summed E-state index contributed by atoms with van der Waals surface area (Å²) in [5.41, 5.74) is 4.05. The molecule has 0 aromatic carbocycles. The van der Waals surface area contributed by atoms with Gasteiger partial charge in [0, 0.05) is 30.3 Å². The van der Waals surface area contributed by atoms with Crippen LogP contribution in [0, 0.1) is 20.8 Å². The molecule has 2 aromatic rings. The fourth-order valence-corrected chi connectivity index (χ4v) is 3.01. The van der Waals surface area contributed by atoms with Gasteiger partial charge in [0.05, 0.1) is 18.3 Å². The summed E-state index contributed by atoms with van der Waals surface area (Å²) in [5.74, 6) is 1.24. The SMILES string of the molecule is Cc1cn[nH]c1[C@@H]1CCN(C(=O)Cc2c(C)noc2C)C1. The highest BCUT2D eigenvalue weighted by atomic mass is 16.5. The highest BCUT2D eigenvalue weighted by Gasteiger charge is 2.29. The Balaban J connectivity index is 1.66. The zero-order valence-corrected chi connectivity index (χ0v) is 12.6. The van der Waals surface area contributed by atoms with E-state index in [1.165, 1.54) is 5.56 Å². The number of amides is 1. The van der Waals surface area contributed by atoms with Crippen molar-refractivity contribution < 1.29 is 9.32 Å². The van der Waals surface area contributed by atoms with Gasteiger partial charge in [-0.05, 0) is 32.8 Å². The van der Waals surface area contributed by atoms with Crippen LogP contribution in [0.2, 0.25) is 0 Å². The molecule has 0 unspecified atom stereocenters. The van der Waals surface area contributed by atoms with Crippen LogP contribution in [0.4, 0.5) is 0 Å². The third-order valence-corrected chi connectivity index (χ3v) is 4.33. The molecule has 1 atom stereocenters. The van der Waals surface area contributed by atoms with E-state index in [2.05, 4.69) is 15.4 Å². The molecule has 21 heavy (non-hydrogen) atoms. The first kappa shape index (κ1) is 13.9. The molecule has 0 saturated carbocycles. The van der Waals surface area contributed by atoms with Crippen molar-refractivity contribution in [3.63, 3.8) is 0 Å². The maximum absolute atomic E-state index is 12.4. The molecular formula is C15H20N4O2. The van der Waals surface area contributed by atoms with Gasteiger partial charge in [-0.1, -0.05) is 5.16 Å². The van der Waals surface area contributed by atoms with Crippen molar-refractivity contribution in [2.45, 2.75) is 39.5 Å². The van der Waals surface area contributed by atoms with E-state index in [0.717, 1.165) is 42.2 Å². The van der Waals surface area contributed by atoms with Crippen molar-refractivity contribution in [3.05, 3.63) is 34.5 Å². The van der Waals surface area contributed by atoms with Gasteiger partial charge in [-0.15, -0.1) is 0 Å². The summed E-state index contributed by atoms with van der Waals surface area (Å²) in [7, 11) is 0. The van der Waals surface area contributed by atoms with Crippen molar-refractivity contribution in [2.75, 3.05) is 13.1 Å². The minimum atomic E-state index is 0.143. The van der Waals surface area contributed by atoms with Crippen LogP contribution in [0.25, 0.3) is 0 Å². The molecule has 3 rings (SSSR count). The predicted octanol–water partition coefficient (Wildman–Crippen LogP) is 1.88. The lowest BCUT2D eigenvalue weighted by atomic mass is 10.0. The number of carbonyl (C=O) groups excluding carboxylic acids is 1. The lowest BCUT2D eigenvalue weighted by Gasteiger charge is -2.16.